The van der Waals surface area contributed by atoms with Gasteiger partial charge in [0.05, 0.1) is 17.9 Å². The van der Waals surface area contributed by atoms with Gasteiger partial charge in [0.2, 0.25) is 0 Å². The first-order valence-corrected chi connectivity index (χ1v) is 6.21. The molecule has 3 atom stereocenters. The molecule has 0 amide bonds. The monoisotopic (exact) mass is 226 g/mol. The van der Waals surface area contributed by atoms with Crippen LogP contribution in [0.15, 0.2) is 18.3 Å². The van der Waals surface area contributed by atoms with E-state index in [4.69, 9.17) is 0 Å². The standard InChI is InChI=1S/C11H15FN2S/c1-7-6-15-8(2)11(14-7)10-4-3-9(12)5-13-10/h3-5,7-8,11,14H,6H2,1-2H3. The van der Waals surface area contributed by atoms with Crippen LogP contribution >= 0.6 is 11.8 Å². The molecule has 0 bridgehead atoms. The lowest BCUT2D eigenvalue weighted by molar-refractivity contribution is 0.451. The van der Waals surface area contributed by atoms with Gasteiger partial charge in [-0.25, -0.2) is 4.39 Å². The Hall–Kier alpha value is -0.610. The zero-order valence-electron chi connectivity index (χ0n) is 8.90. The first-order chi connectivity index (χ1) is 7.16. The second kappa shape index (κ2) is 4.49. The van der Waals surface area contributed by atoms with Gasteiger partial charge in [-0.3, -0.25) is 4.98 Å². The molecule has 0 spiro atoms. The Morgan fingerprint density at radius 2 is 2.27 bits per heavy atom. The first-order valence-electron chi connectivity index (χ1n) is 5.16. The van der Waals surface area contributed by atoms with Gasteiger partial charge in [-0.2, -0.15) is 11.8 Å². The highest BCUT2D eigenvalue weighted by molar-refractivity contribution is 8.00. The van der Waals surface area contributed by atoms with E-state index in [1.165, 1.54) is 12.3 Å². The molecule has 1 aromatic heterocycles. The third kappa shape index (κ3) is 2.49. The summed E-state index contributed by atoms with van der Waals surface area (Å²) in [6, 6.07) is 3.96. The van der Waals surface area contributed by atoms with Gasteiger partial charge in [-0.1, -0.05) is 6.92 Å². The molecular weight excluding hydrogens is 211 g/mol. The van der Waals surface area contributed by atoms with Crippen molar-refractivity contribution in [2.24, 2.45) is 0 Å². The van der Waals surface area contributed by atoms with Crippen LogP contribution in [-0.2, 0) is 0 Å². The van der Waals surface area contributed by atoms with E-state index < -0.39 is 0 Å². The topological polar surface area (TPSA) is 24.9 Å². The van der Waals surface area contributed by atoms with Crippen LogP contribution in [-0.4, -0.2) is 22.0 Å². The average Bonchev–Trinajstić information content (AvgIpc) is 2.23. The number of halogens is 1. The van der Waals surface area contributed by atoms with Crippen molar-refractivity contribution in [3.8, 4) is 0 Å². The van der Waals surface area contributed by atoms with Crippen LogP contribution < -0.4 is 5.32 Å². The Balaban J connectivity index is 2.17. The molecule has 1 saturated heterocycles. The van der Waals surface area contributed by atoms with Gasteiger partial charge in [-0.05, 0) is 19.1 Å². The molecular formula is C11H15FN2S. The van der Waals surface area contributed by atoms with Crippen LogP contribution in [0.25, 0.3) is 0 Å². The minimum Gasteiger partial charge on any atom is -0.304 e. The van der Waals surface area contributed by atoms with Gasteiger partial charge in [0.25, 0.3) is 0 Å². The number of pyridine rings is 1. The predicted octanol–water partition coefficient (Wildman–Crippen LogP) is 2.38. The van der Waals surface area contributed by atoms with Crippen LogP contribution in [0.1, 0.15) is 25.6 Å². The molecule has 2 rings (SSSR count). The van der Waals surface area contributed by atoms with E-state index in [-0.39, 0.29) is 11.9 Å². The van der Waals surface area contributed by atoms with Crippen molar-refractivity contribution >= 4 is 11.8 Å². The van der Waals surface area contributed by atoms with Gasteiger partial charge in [-0.15, -0.1) is 0 Å². The van der Waals surface area contributed by atoms with E-state index in [0.717, 1.165) is 11.4 Å². The van der Waals surface area contributed by atoms with Crippen molar-refractivity contribution in [2.45, 2.75) is 31.2 Å². The van der Waals surface area contributed by atoms with Crippen molar-refractivity contribution in [1.29, 1.82) is 0 Å². The summed E-state index contributed by atoms with van der Waals surface area (Å²) in [5.41, 5.74) is 0.933. The molecule has 1 fully saturated rings. The summed E-state index contributed by atoms with van der Waals surface area (Å²) in [5, 5.41) is 3.98. The minimum absolute atomic E-state index is 0.236. The fourth-order valence-corrected chi connectivity index (χ4v) is 2.88. The smallest absolute Gasteiger partial charge is 0.141 e. The lowest BCUT2D eigenvalue weighted by Gasteiger charge is -2.33. The Morgan fingerprint density at radius 1 is 1.47 bits per heavy atom. The van der Waals surface area contributed by atoms with Crippen molar-refractivity contribution in [3.63, 3.8) is 0 Å². The molecule has 1 aliphatic rings. The Bertz CT molecular complexity index is 328. The van der Waals surface area contributed by atoms with Crippen LogP contribution in [0.5, 0.6) is 0 Å². The van der Waals surface area contributed by atoms with E-state index in [1.807, 2.05) is 11.8 Å². The third-order valence-corrected chi connectivity index (χ3v) is 4.10. The highest BCUT2D eigenvalue weighted by Crippen LogP contribution is 2.30. The van der Waals surface area contributed by atoms with Gasteiger partial charge >= 0.3 is 0 Å². The number of nitrogens with zero attached hydrogens (tertiary/aromatic N) is 1. The third-order valence-electron chi connectivity index (χ3n) is 2.61. The lowest BCUT2D eigenvalue weighted by Crippen LogP contribution is -2.42. The molecule has 0 aromatic carbocycles. The Kier molecular flexibility index (Phi) is 3.26. The fourth-order valence-electron chi connectivity index (χ4n) is 1.78. The van der Waals surface area contributed by atoms with Crippen molar-refractivity contribution < 1.29 is 4.39 Å². The average molecular weight is 226 g/mol. The summed E-state index contributed by atoms with van der Waals surface area (Å²) in [6.07, 6.45) is 1.29. The maximum atomic E-state index is 12.7. The van der Waals surface area contributed by atoms with Gasteiger partial charge in [0.1, 0.15) is 5.82 Å². The second-order valence-corrected chi connectivity index (χ2v) is 5.40. The quantitative estimate of drug-likeness (QED) is 0.796. The van der Waals surface area contributed by atoms with E-state index in [1.54, 1.807) is 6.07 Å². The highest BCUT2D eigenvalue weighted by Gasteiger charge is 2.27. The molecule has 1 N–H and O–H groups in total. The van der Waals surface area contributed by atoms with E-state index in [0.29, 0.717) is 11.3 Å². The van der Waals surface area contributed by atoms with Gasteiger partial charge < -0.3 is 5.32 Å². The zero-order valence-corrected chi connectivity index (χ0v) is 9.72. The molecule has 3 unspecified atom stereocenters. The van der Waals surface area contributed by atoms with Crippen molar-refractivity contribution in [1.82, 2.24) is 10.3 Å². The van der Waals surface area contributed by atoms with Crippen LogP contribution in [0.3, 0.4) is 0 Å². The lowest BCUT2D eigenvalue weighted by atomic mass is 10.1. The maximum absolute atomic E-state index is 12.7. The van der Waals surface area contributed by atoms with Crippen LogP contribution in [0.2, 0.25) is 0 Å². The molecule has 2 heterocycles. The van der Waals surface area contributed by atoms with Crippen LogP contribution in [0, 0.1) is 5.82 Å². The minimum atomic E-state index is -0.275. The molecule has 1 aliphatic heterocycles. The van der Waals surface area contributed by atoms with Crippen LogP contribution in [0.4, 0.5) is 4.39 Å². The summed E-state index contributed by atoms with van der Waals surface area (Å²) in [4.78, 5) is 4.14. The number of aromatic nitrogens is 1. The summed E-state index contributed by atoms with van der Waals surface area (Å²) >= 11 is 1.94. The Morgan fingerprint density at radius 3 is 2.93 bits per heavy atom. The Labute approximate surface area is 93.7 Å². The van der Waals surface area contributed by atoms with Gasteiger partial charge in [0, 0.05) is 17.0 Å². The number of hydrogen-bond donors (Lipinski definition) is 1. The molecule has 0 saturated carbocycles. The normalized spacial score (nSPS) is 31.5. The number of nitrogens with one attached hydrogen (secondary N) is 1. The molecule has 0 aliphatic carbocycles. The number of rotatable bonds is 1. The van der Waals surface area contributed by atoms with Gasteiger partial charge in [0.15, 0.2) is 0 Å². The number of thioether (sulfide) groups is 1. The molecule has 4 heteroatoms. The SMILES string of the molecule is CC1CSC(C)C(c2ccc(F)cn2)N1. The van der Waals surface area contributed by atoms with Crippen molar-refractivity contribution in [3.05, 3.63) is 29.8 Å². The zero-order chi connectivity index (χ0) is 10.8. The second-order valence-electron chi connectivity index (χ2n) is 3.99. The highest BCUT2D eigenvalue weighted by atomic mass is 32.2. The molecule has 0 radical (unpaired) electrons. The summed E-state index contributed by atoms with van der Waals surface area (Å²) in [6.45, 7) is 4.34. The first kappa shape index (κ1) is 10.9. The van der Waals surface area contributed by atoms with E-state index in [2.05, 4.69) is 24.1 Å². The van der Waals surface area contributed by atoms with Crippen molar-refractivity contribution in [2.75, 3.05) is 5.75 Å². The maximum Gasteiger partial charge on any atom is 0.141 e. The van der Waals surface area contributed by atoms with E-state index in [9.17, 15) is 4.39 Å². The number of hydrogen-bond acceptors (Lipinski definition) is 3. The summed E-state index contributed by atoms with van der Waals surface area (Å²) < 4.78 is 12.7. The summed E-state index contributed by atoms with van der Waals surface area (Å²) in [7, 11) is 0. The molecule has 2 nitrogen and oxygen atoms in total. The van der Waals surface area contributed by atoms with E-state index >= 15 is 0 Å². The fraction of sp³-hybridized carbons (Fsp3) is 0.545. The summed E-state index contributed by atoms with van der Waals surface area (Å²) in [5.74, 6) is 0.849. The molecule has 15 heavy (non-hydrogen) atoms. The predicted molar refractivity (Wildman–Crippen MR) is 61.5 cm³/mol. The molecule has 1 aromatic rings. The molecule has 82 valence electrons. The largest absolute Gasteiger partial charge is 0.304 e.